The lowest BCUT2D eigenvalue weighted by molar-refractivity contribution is -0.124. The largest absolute Gasteiger partial charge is 0.394 e. The van der Waals surface area contributed by atoms with Crippen LogP contribution in [-0.4, -0.2) is 29.2 Å². The van der Waals surface area contributed by atoms with Crippen molar-refractivity contribution in [2.45, 2.75) is 57.0 Å². The normalized spacial score (nSPS) is 22.1. The van der Waals surface area contributed by atoms with Gasteiger partial charge >= 0.3 is 0 Å². The zero-order valence-corrected chi connectivity index (χ0v) is 9.46. The Hall–Kier alpha value is -0.610. The zero-order valence-electron chi connectivity index (χ0n) is 9.46. The van der Waals surface area contributed by atoms with Crippen LogP contribution in [0.25, 0.3) is 0 Å². The third-order valence-electron chi connectivity index (χ3n) is 3.03. The predicted octanol–water partition coefficient (Wildman–Crippen LogP) is 0.535. The minimum absolute atomic E-state index is 0.0394. The van der Waals surface area contributed by atoms with E-state index >= 15 is 0 Å². The third-order valence-corrected chi connectivity index (χ3v) is 3.03. The number of nitrogens with two attached hydrogens (primary N) is 1. The Morgan fingerprint density at radius 3 is 2.53 bits per heavy atom. The SMILES string of the molecule is CC(N)CC(=O)NC1(CO)CCCCC1. The van der Waals surface area contributed by atoms with Crippen molar-refractivity contribution < 1.29 is 9.90 Å². The Morgan fingerprint density at radius 1 is 1.47 bits per heavy atom. The monoisotopic (exact) mass is 214 g/mol. The van der Waals surface area contributed by atoms with Gasteiger partial charge in [0.2, 0.25) is 5.91 Å². The smallest absolute Gasteiger partial charge is 0.222 e. The van der Waals surface area contributed by atoms with E-state index in [2.05, 4.69) is 5.32 Å². The third kappa shape index (κ3) is 3.80. The lowest BCUT2D eigenvalue weighted by Crippen LogP contribution is -2.53. The molecule has 1 amide bonds. The number of aliphatic hydroxyl groups excluding tert-OH is 1. The first-order chi connectivity index (χ1) is 7.08. The highest BCUT2D eigenvalue weighted by Crippen LogP contribution is 2.27. The summed E-state index contributed by atoms with van der Waals surface area (Å²) in [7, 11) is 0. The van der Waals surface area contributed by atoms with Gasteiger partial charge in [0.25, 0.3) is 0 Å². The lowest BCUT2D eigenvalue weighted by atomic mass is 9.82. The molecule has 1 aliphatic rings. The summed E-state index contributed by atoms with van der Waals surface area (Å²) in [5, 5.41) is 12.3. The predicted molar refractivity (Wildman–Crippen MR) is 59.3 cm³/mol. The summed E-state index contributed by atoms with van der Waals surface area (Å²) in [5.74, 6) is -0.0408. The number of rotatable bonds is 4. The van der Waals surface area contributed by atoms with Gasteiger partial charge in [0.15, 0.2) is 0 Å². The van der Waals surface area contributed by atoms with Crippen molar-refractivity contribution in [3.05, 3.63) is 0 Å². The highest BCUT2D eigenvalue weighted by atomic mass is 16.3. The average molecular weight is 214 g/mol. The Kier molecular flexibility index (Phi) is 4.54. The van der Waals surface area contributed by atoms with Crippen molar-refractivity contribution in [3.63, 3.8) is 0 Å². The van der Waals surface area contributed by atoms with E-state index in [4.69, 9.17) is 5.73 Å². The summed E-state index contributed by atoms with van der Waals surface area (Å²) >= 11 is 0. The van der Waals surface area contributed by atoms with E-state index in [0.29, 0.717) is 6.42 Å². The fourth-order valence-electron chi connectivity index (χ4n) is 2.19. The van der Waals surface area contributed by atoms with Gasteiger partial charge in [-0.15, -0.1) is 0 Å². The van der Waals surface area contributed by atoms with Crippen LogP contribution in [0.15, 0.2) is 0 Å². The van der Waals surface area contributed by atoms with Crippen LogP contribution in [0.4, 0.5) is 0 Å². The number of aliphatic hydroxyl groups is 1. The topological polar surface area (TPSA) is 75.4 Å². The first kappa shape index (κ1) is 12.5. The number of carbonyl (C=O) groups excluding carboxylic acids is 1. The molecule has 15 heavy (non-hydrogen) atoms. The molecule has 4 nitrogen and oxygen atoms in total. The minimum Gasteiger partial charge on any atom is -0.394 e. The highest BCUT2D eigenvalue weighted by Gasteiger charge is 2.32. The van der Waals surface area contributed by atoms with Crippen molar-refractivity contribution in [2.75, 3.05) is 6.61 Å². The number of nitrogens with one attached hydrogen (secondary N) is 1. The Bertz CT molecular complexity index is 211. The fraction of sp³-hybridized carbons (Fsp3) is 0.909. The van der Waals surface area contributed by atoms with Gasteiger partial charge in [-0.05, 0) is 19.8 Å². The number of hydrogen-bond acceptors (Lipinski definition) is 3. The van der Waals surface area contributed by atoms with Gasteiger partial charge in [-0.1, -0.05) is 19.3 Å². The van der Waals surface area contributed by atoms with Gasteiger partial charge in [0.05, 0.1) is 12.1 Å². The summed E-state index contributed by atoms with van der Waals surface area (Å²) in [4.78, 5) is 11.6. The van der Waals surface area contributed by atoms with Gasteiger partial charge in [-0.3, -0.25) is 4.79 Å². The van der Waals surface area contributed by atoms with Crippen LogP contribution in [0.1, 0.15) is 45.4 Å². The van der Waals surface area contributed by atoms with Crippen molar-refractivity contribution in [3.8, 4) is 0 Å². The first-order valence-electron chi connectivity index (χ1n) is 5.75. The molecule has 0 saturated heterocycles. The second-order valence-electron chi connectivity index (χ2n) is 4.73. The van der Waals surface area contributed by atoms with E-state index < -0.39 is 0 Å². The maximum absolute atomic E-state index is 11.6. The van der Waals surface area contributed by atoms with Gasteiger partial charge in [-0.2, -0.15) is 0 Å². The molecule has 1 atom stereocenters. The maximum Gasteiger partial charge on any atom is 0.222 e. The summed E-state index contributed by atoms with van der Waals surface area (Å²) in [5.41, 5.74) is 5.19. The van der Waals surface area contributed by atoms with Crippen LogP contribution < -0.4 is 11.1 Å². The molecule has 1 rings (SSSR count). The fourth-order valence-corrected chi connectivity index (χ4v) is 2.19. The first-order valence-corrected chi connectivity index (χ1v) is 5.75. The van der Waals surface area contributed by atoms with Crippen molar-refractivity contribution >= 4 is 5.91 Å². The highest BCUT2D eigenvalue weighted by molar-refractivity contribution is 5.77. The molecule has 0 aromatic heterocycles. The molecule has 88 valence electrons. The van der Waals surface area contributed by atoms with Gasteiger partial charge in [0, 0.05) is 12.5 Å². The number of hydrogen-bond donors (Lipinski definition) is 3. The molecule has 1 fully saturated rings. The van der Waals surface area contributed by atoms with E-state index in [0.717, 1.165) is 25.7 Å². The zero-order chi connectivity index (χ0) is 11.3. The molecule has 1 aliphatic carbocycles. The molecule has 0 aromatic rings. The summed E-state index contributed by atoms with van der Waals surface area (Å²) < 4.78 is 0. The Labute approximate surface area is 91.2 Å². The van der Waals surface area contributed by atoms with Crippen molar-refractivity contribution in [2.24, 2.45) is 5.73 Å². The Morgan fingerprint density at radius 2 is 2.07 bits per heavy atom. The number of amides is 1. The molecule has 0 heterocycles. The van der Waals surface area contributed by atoms with Crippen LogP contribution in [0.3, 0.4) is 0 Å². The summed E-state index contributed by atoms with van der Waals surface area (Å²) in [6.45, 7) is 1.85. The second-order valence-corrected chi connectivity index (χ2v) is 4.73. The molecule has 0 aromatic carbocycles. The van der Waals surface area contributed by atoms with Crippen LogP contribution in [-0.2, 0) is 4.79 Å². The van der Waals surface area contributed by atoms with E-state index in [1.54, 1.807) is 0 Å². The summed E-state index contributed by atoms with van der Waals surface area (Å²) in [6, 6.07) is -0.121. The van der Waals surface area contributed by atoms with Gasteiger partial charge in [-0.25, -0.2) is 0 Å². The number of carbonyl (C=O) groups is 1. The molecule has 0 aliphatic heterocycles. The quantitative estimate of drug-likeness (QED) is 0.639. The van der Waals surface area contributed by atoms with Crippen LogP contribution in [0.5, 0.6) is 0 Å². The molecular formula is C11H22N2O2. The van der Waals surface area contributed by atoms with Crippen LogP contribution >= 0.6 is 0 Å². The van der Waals surface area contributed by atoms with E-state index in [-0.39, 0.29) is 24.1 Å². The van der Waals surface area contributed by atoms with E-state index in [9.17, 15) is 9.90 Å². The standard InChI is InChI=1S/C11H22N2O2/c1-9(12)7-10(15)13-11(8-14)5-3-2-4-6-11/h9,14H,2-8,12H2,1H3,(H,13,15). The summed E-state index contributed by atoms with van der Waals surface area (Å²) in [6.07, 6.45) is 5.47. The van der Waals surface area contributed by atoms with Crippen molar-refractivity contribution in [1.29, 1.82) is 0 Å². The molecular weight excluding hydrogens is 192 g/mol. The molecule has 1 saturated carbocycles. The lowest BCUT2D eigenvalue weighted by Gasteiger charge is -2.36. The van der Waals surface area contributed by atoms with E-state index in [1.807, 2.05) is 6.92 Å². The maximum atomic E-state index is 11.6. The molecule has 4 N–H and O–H groups in total. The molecule has 4 heteroatoms. The van der Waals surface area contributed by atoms with Crippen LogP contribution in [0.2, 0.25) is 0 Å². The molecule has 0 spiro atoms. The minimum atomic E-state index is -0.371. The second kappa shape index (κ2) is 5.47. The molecule has 1 unspecified atom stereocenters. The van der Waals surface area contributed by atoms with Gasteiger partial charge in [0.1, 0.15) is 0 Å². The molecule has 0 radical (unpaired) electrons. The Balaban J connectivity index is 2.47. The van der Waals surface area contributed by atoms with E-state index in [1.165, 1.54) is 6.42 Å². The average Bonchev–Trinajstić information content (AvgIpc) is 2.17. The van der Waals surface area contributed by atoms with Gasteiger partial charge < -0.3 is 16.2 Å². The van der Waals surface area contributed by atoms with Crippen molar-refractivity contribution in [1.82, 2.24) is 5.32 Å². The van der Waals surface area contributed by atoms with Crippen LogP contribution in [0, 0.1) is 0 Å². The molecule has 0 bridgehead atoms.